The molecule has 0 aliphatic heterocycles. The molecule has 0 bridgehead atoms. The predicted octanol–water partition coefficient (Wildman–Crippen LogP) is 4.56. The molecule has 0 saturated heterocycles. The first-order valence-electron chi connectivity index (χ1n) is 7.48. The third-order valence-corrected chi connectivity index (χ3v) is 4.72. The van der Waals surface area contributed by atoms with E-state index in [1.165, 1.54) is 6.92 Å². The average molecular weight is 363 g/mol. The van der Waals surface area contributed by atoms with E-state index >= 15 is 0 Å². The maximum Gasteiger partial charge on any atom is 0.237 e. The van der Waals surface area contributed by atoms with Crippen LogP contribution in [0.2, 0.25) is 5.02 Å². The van der Waals surface area contributed by atoms with Crippen molar-refractivity contribution in [3.8, 4) is 0 Å². The van der Waals surface area contributed by atoms with Crippen LogP contribution in [0.25, 0.3) is 0 Å². The van der Waals surface area contributed by atoms with Crippen LogP contribution in [-0.2, 0) is 15.3 Å². The van der Waals surface area contributed by atoms with Crippen molar-refractivity contribution < 1.29 is 9.59 Å². The molecule has 0 fully saturated rings. The maximum atomic E-state index is 12.2. The fraction of sp³-hybridized carbons (Fsp3) is 0.222. The molecule has 2 rings (SSSR count). The highest BCUT2D eigenvalue weighted by Crippen LogP contribution is 2.21. The van der Waals surface area contributed by atoms with Crippen LogP contribution in [-0.4, -0.2) is 17.1 Å². The minimum atomic E-state index is -0.185. The summed E-state index contributed by atoms with van der Waals surface area (Å²) in [6.45, 7) is 3.33. The number of hydrogen-bond acceptors (Lipinski definition) is 3. The van der Waals surface area contributed by atoms with Crippen molar-refractivity contribution in [3.05, 3.63) is 59.1 Å². The number of benzene rings is 2. The average Bonchev–Trinajstić information content (AvgIpc) is 2.55. The Kier molecular flexibility index (Phi) is 6.70. The molecule has 0 unspecified atom stereocenters. The van der Waals surface area contributed by atoms with Gasteiger partial charge in [0.05, 0.1) is 5.25 Å². The Morgan fingerprint density at radius 3 is 2.08 bits per heavy atom. The van der Waals surface area contributed by atoms with Crippen LogP contribution in [0.1, 0.15) is 19.4 Å². The van der Waals surface area contributed by atoms with Crippen molar-refractivity contribution in [2.75, 3.05) is 10.6 Å². The second-order valence-corrected chi connectivity index (χ2v) is 7.09. The van der Waals surface area contributed by atoms with Gasteiger partial charge in [0.15, 0.2) is 0 Å². The van der Waals surface area contributed by atoms with Crippen molar-refractivity contribution in [2.45, 2.75) is 24.9 Å². The summed E-state index contributed by atoms with van der Waals surface area (Å²) in [6.07, 6.45) is 0. The molecule has 0 aromatic heterocycles. The zero-order valence-electron chi connectivity index (χ0n) is 13.5. The summed E-state index contributed by atoms with van der Waals surface area (Å²) in [4.78, 5) is 23.2. The van der Waals surface area contributed by atoms with Gasteiger partial charge >= 0.3 is 0 Å². The molecule has 2 aromatic rings. The van der Waals surface area contributed by atoms with Gasteiger partial charge in [-0.25, -0.2) is 0 Å². The lowest BCUT2D eigenvalue weighted by atomic mass is 10.2. The molecule has 2 amide bonds. The van der Waals surface area contributed by atoms with Gasteiger partial charge in [0.2, 0.25) is 11.8 Å². The van der Waals surface area contributed by atoms with Gasteiger partial charge in [-0.3, -0.25) is 9.59 Å². The molecule has 6 heteroatoms. The third kappa shape index (κ3) is 5.91. The summed E-state index contributed by atoms with van der Waals surface area (Å²) in [5.41, 5.74) is 2.53. The van der Waals surface area contributed by atoms with Gasteiger partial charge in [-0.1, -0.05) is 23.7 Å². The quantitative estimate of drug-likeness (QED) is 0.792. The smallest absolute Gasteiger partial charge is 0.237 e. The summed E-state index contributed by atoms with van der Waals surface area (Å²) in [5.74, 6) is 0.563. The number of anilines is 2. The number of halogens is 1. The Bertz CT molecular complexity index is 702. The summed E-state index contributed by atoms with van der Waals surface area (Å²) in [6, 6.07) is 14.6. The predicted molar refractivity (Wildman–Crippen MR) is 102 cm³/mol. The molecular formula is C18H19ClN2O2S. The third-order valence-electron chi connectivity index (χ3n) is 3.26. The highest BCUT2D eigenvalue weighted by Gasteiger charge is 2.13. The lowest BCUT2D eigenvalue weighted by Crippen LogP contribution is -2.22. The highest BCUT2D eigenvalue weighted by molar-refractivity contribution is 7.99. The van der Waals surface area contributed by atoms with Crippen LogP contribution in [0, 0.1) is 0 Å². The van der Waals surface area contributed by atoms with Crippen LogP contribution >= 0.6 is 23.4 Å². The van der Waals surface area contributed by atoms with Crippen LogP contribution in [0.3, 0.4) is 0 Å². The van der Waals surface area contributed by atoms with Gasteiger partial charge in [0.25, 0.3) is 0 Å². The standard InChI is InChI=1S/C18H19ClN2O2S/c1-12(24-11-14-3-5-15(19)6-4-14)18(23)21-17-9-7-16(8-10-17)20-13(2)22/h3-10,12H,11H2,1-2H3,(H,20,22)(H,21,23)/t12-/m1/s1. The summed E-state index contributed by atoms with van der Waals surface area (Å²) in [5, 5.41) is 6.08. The van der Waals surface area contributed by atoms with E-state index in [1.54, 1.807) is 36.0 Å². The van der Waals surface area contributed by atoms with Gasteiger partial charge in [-0.15, -0.1) is 11.8 Å². The number of amides is 2. The van der Waals surface area contributed by atoms with Gasteiger partial charge in [0.1, 0.15) is 0 Å². The zero-order valence-corrected chi connectivity index (χ0v) is 15.1. The fourth-order valence-corrected chi connectivity index (χ4v) is 2.93. The number of carbonyl (C=O) groups excluding carboxylic acids is 2. The van der Waals surface area contributed by atoms with Crippen molar-refractivity contribution in [3.63, 3.8) is 0 Å². The molecule has 126 valence electrons. The molecular weight excluding hydrogens is 344 g/mol. The van der Waals surface area contributed by atoms with Gasteiger partial charge in [-0.05, 0) is 48.9 Å². The van der Waals surface area contributed by atoms with E-state index in [2.05, 4.69) is 10.6 Å². The largest absolute Gasteiger partial charge is 0.326 e. The Morgan fingerprint density at radius 2 is 1.54 bits per heavy atom. The Hall–Kier alpha value is -1.98. The number of nitrogens with one attached hydrogen (secondary N) is 2. The fourth-order valence-electron chi connectivity index (χ4n) is 1.96. The molecule has 0 aliphatic carbocycles. The molecule has 0 heterocycles. The van der Waals surface area contributed by atoms with E-state index in [0.29, 0.717) is 16.4 Å². The lowest BCUT2D eigenvalue weighted by Gasteiger charge is -2.12. The molecule has 2 N–H and O–H groups in total. The van der Waals surface area contributed by atoms with Crippen molar-refractivity contribution in [1.29, 1.82) is 0 Å². The number of carbonyl (C=O) groups is 2. The summed E-state index contributed by atoms with van der Waals surface area (Å²) in [7, 11) is 0. The Morgan fingerprint density at radius 1 is 1.00 bits per heavy atom. The van der Waals surface area contributed by atoms with E-state index in [0.717, 1.165) is 11.3 Å². The number of hydrogen-bond donors (Lipinski definition) is 2. The minimum Gasteiger partial charge on any atom is -0.326 e. The first-order chi connectivity index (χ1) is 11.4. The first kappa shape index (κ1) is 18.4. The zero-order chi connectivity index (χ0) is 17.5. The normalized spacial score (nSPS) is 11.6. The summed E-state index contributed by atoms with van der Waals surface area (Å²) >= 11 is 7.42. The van der Waals surface area contributed by atoms with Crippen LogP contribution in [0.5, 0.6) is 0 Å². The van der Waals surface area contributed by atoms with Crippen LogP contribution < -0.4 is 10.6 Å². The topological polar surface area (TPSA) is 58.2 Å². The SMILES string of the molecule is CC(=O)Nc1ccc(NC(=O)[C@@H](C)SCc2ccc(Cl)cc2)cc1. The Balaban J connectivity index is 1.84. The van der Waals surface area contributed by atoms with Crippen molar-refractivity contribution in [2.24, 2.45) is 0 Å². The van der Waals surface area contributed by atoms with E-state index < -0.39 is 0 Å². The van der Waals surface area contributed by atoms with Crippen molar-refractivity contribution >= 4 is 46.6 Å². The second kappa shape index (κ2) is 8.76. The van der Waals surface area contributed by atoms with E-state index in [9.17, 15) is 9.59 Å². The number of rotatable bonds is 6. The molecule has 0 radical (unpaired) electrons. The second-order valence-electron chi connectivity index (χ2n) is 5.33. The molecule has 2 aromatic carbocycles. The van der Waals surface area contributed by atoms with Gasteiger partial charge < -0.3 is 10.6 Å². The molecule has 24 heavy (non-hydrogen) atoms. The van der Waals surface area contributed by atoms with Crippen LogP contribution in [0.15, 0.2) is 48.5 Å². The Labute approximate surface area is 151 Å². The molecule has 4 nitrogen and oxygen atoms in total. The summed E-state index contributed by atoms with van der Waals surface area (Å²) < 4.78 is 0. The van der Waals surface area contributed by atoms with Gasteiger partial charge in [-0.2, -0.15) is 0 Å². The molecule has 0 saturated carbocycles. The van der Waals surface area contributed by atoms with Crippen LogP contribution in [0.4, 0.5) is 11.4 Å². The molecule has 1 atom stereocenters. The highest BCUT2D eigenvalue weighted by atomic mass is 35.5. The first-order valence-corrected chi connectivity index (χ1v) is 8.91. The molecule has 0 spiro atoms. The molecule has 0 aliphatic rings. The van der Waals surface area contributed by atoms with E-state index in [4.69, 9.17) is 11.6 Å². The van der Waals surface area contributed by atoms with Crippen molar-refractivity contribution in [1.82, 2.24) is 0 Å². The van der Waals surface area contributed by atoms with E-state index in [1.807, 2.05) is 31.2 Å². The lowest BCUT2D eigenvalue weighted by molar-refractivity contribution is -0.115. The minimum absolute atomic E-state index is 0.0544. The number of thioether (sulfide) groups is 1. The van der Waals surface area contributed by atoms with E-state index in [-0.39, 0.29) is 17.1 Å². The van der Waals surface area contributed by atoms with Gasteiger partial charge in [0, 0.05) is 29.1 Å². The monoisotopic (exact) mass is 362 g/mol. The maximum absolute atomic E-state index is 12.2.